The molecular weight excluding hydrogens is 180 g/mol. The average molecular weight is 190 g/mol. The van der Waals surface area contributed by atoms with Crippen LogP contribution in [-0.2, 0) is 9.53 Å². The number of anilines is 2. The zero-order valence-corrected chi connectivity index (χ0v) is 7.70. The minimum Gasteiger partial charge on any atom is -0.466 e. The summed E-state index contributed by atoms with van der Waals surface area (Å²) >= 11 is 0. The van der Waals surface area contributed by atoms with Crippen molar-refractivity contribution in [3.63, 3.8) is 0 Å². The third kappa shape index (κ3) is 1.54. The predicted octanol–water partition coefficient (Wildman–Crippen LogP) is 1.54. The van der Waals surface area contributed by atoms with Crippen LogP contribution in [0.5, 0.6) is 0 Å². The van der Waals surface area contributed by atoms with Crippen molar-refractivity contribution >= 4 is 17.3 Å². The van der Waals surface area contributed by atoms with Gasteiger partial charge in [0.2, 0.25) is 0 Å². The van der Waals surface area contributed by atoms with E-state index in [9.17, 15) is 4.79 Å². The second-order valence-electron chi connectivity index (χ2n) is 2.88. The molecule has 4 nitrogen and oxygen atoms in total. The quantitative estimate of drug-likeness (QED) is 0.521. The zero-order chi connectivity index (χ0) is 9.97. The number of rotatable bonds is 1. The fraction of sp³-hybridized carbons (Fsp3) is 0.100. The van der Waals surface area contributed by atoms with Crippen LogP contribution in [0.25, 0.3) is 0 Å². The molecule has 1 aromatic carbocycles. The number of carbonyl (C=O) groups is 1. The Morgan fingerprint density at radius 3 is 2.36 bits per heavy atom. The number of para-hydroxylation sites is 2. The van der Waals surface area contributed by atoms with Gasteiger partial charge in [0.15, 0.2) is 0 Å². The number of hydrogen-bond acceptors (Lipinski definition) is 4. The molecule has 0 saturated heterocycles. The minimum absolute atomic E-state index is 0.382. The summed E-state index contributed by atoms with van der Waals surface area (Å²) in [6.07, 6.45) is 1.38. The Morgan fingerprint density at radius 1 is 1.29 bits per heavy atom. The summed E-state index contributed by atoms with van der Waals surface area (Å²) in [7, 11) is 1.35. The van der Waals surface area contributed by atoms with Gasteiger partial charge < -0.3 is 15.4 Å². The van der Waals surface area contributed by atoms with Crippen molar-refractivity contribution in [3.8, 4) is 0 Å². The molecule has 4 heteroatoms. The molecule has 1 heterocycles. The normalized spacial score (nSPS) is 12.5. The summed E-state index contributed by atoms with van der Waals surface area (Å²) in [6.45, 7) is 0. The molecule has 2 rings (SSSR count). The van der Waals surface area contributed by atoms with Crippen molar-refractivity contribution < 1.29 is 9.53 Å². The van der Waals surface area contributed by atoms with Crippen LogP contribution in [0.2, 0.25) is 0 Å². The highest BCUT2D eigenvalue weighted by Gasteiger charge is 2.13. The summed E-state index contributed by atoms with van der Waals surface area (Å²) in [4.78, 5) is 10.9. The van der Waals surface area contributed by atoms with Crippen molar-refractivity contribution in [2.24, 2.45) is 0 Å². The number of benzene rings is 1. The Balaban J connectivity index is 2.19. The molecule has 0 amide bonds. The highest BCUT2D eigenvalue weighted by atomic mass is 16.5. The summed E-state index contributed by atoms with van der Waals surface area (Å²) < 4.78 is 4.52. The molecule has 1 aromatic rings. The molecule has 0 unspecified atom stereocenters. The smallest absolute Gasteiger partial charge is 0.334 e. The van der Waals surface area contributed by atoms with E-state index in [1.54, 1.807) is 0 Å². The third-order valence-electron chi connectivity index (χ3n) is 1.93. The lowest BCUT2D eigenvalue weighted by atomic mass is 10.3. The molecule has 1 aliphatic heterocycles. The molecule has 0 bridgehead atoms. The zero-order valence-electron chi connectivity index (χ0n) is 7.70. The number of hydrogen-bond donors (Lipinski definition) is 2. The number of esters is 1. The van der Waals surface area contributed by atoms with Crippen molar-refractivity contribution in [3.05, 3.63) is 36.2 Å². The topological polar surface area (TPSA) is 50.4 Å². The van der Waals surface area contributed by atoms with E-state index in [4.69, 9.17) is 0 Å². The predicted molar refractivity (Wildman–Crippen MR) is 53.8 cm³/mol. The van der Waals surface area contributed by atoms with E-state index in [1.807, 2.05) is 24.3 Å². The van der Waals surface area contributed by atoms with Gasteiger partial charge in [-0.15, -0.1) is 0 Å². The van der Waals surface area contributed by atoms with Crippen LogP contribution < -0.4 is 10.6 Å². The van der Waals surface area contributed by atoms with Gasteiger partial charge >= 0.3 is 5.97 Å². The molecular formula is C10H10N2O2. The van der Waals surface area contributed by atoms with Gasteiger partial charge in [0, 0.05) is 0 Å². The van der Waals surface area contributed by atoms with E-state index in [2.05, 4.69) is 15.4 Å². The van der Waals surface area contributed by atoms with Crippen molar-refractivity contribution in [2.45, 2.75) is 0 Å². The van der Waals surface area contributed by atoms with Crippen LogP contribution in [0.1, 0.15) is 0 Å². The van der Waals surface area contributed by atoms with Gasteiger partial charge in [-0.25, -0.2) is 4.79 Å². The van der Waals surface area contributed by atoms with Gasteiger partial charge in [-0.05, 0) is 12.1 Å². The number of nitrogens with one attached hydrogen (secondary N) is 2. The van der Waals surface area contributed by atoms with Crippen molar-refractivity contribution in [1.29, 1.82) is 0 Å². The number of fused-ring (bicyclic) bond motifs is 1. The summed E-state index contributed by atoms with van der Waals surface area (Å²) in [6, 6.07) is 7.71. The second kappa shape index (κ2) is 3.41. The highest BCUT2D eigenvalue weighted by molar-refractivity contribution is 5.88. The Morgan fingerprint density at radius 2 is 1.86 bits per heavy atom. The van der Waals surface area contributed by atoms with Crippen molar-refractivity contribution in [1.82, 2.24) is 0 Å². The Labute approximate surface area is 81.6 Å². The molecule has 2 N–H and O–H groups in total. The van der Waals surface area contributed by atoms with Crippen LogP contribution >= 0.6 is 0 Å². The first-order valence-corrected chi connectivity index (χ1v) is 4.22. The van der Waals surface area contributed by atoms with E-state index in [0.29, 0.717) is 5.82 Å². The van der Waals surface area contributed by atoms with Gasteiger partial charge in [0.25, 0.3) is 0 Å². The average Bonchev–Trinajstić information content (AvgIpc) is 2.59. The Hall–Kier alpha value is -1.97. The molecule has 0 aromatic heterocycles. The molecule has 0 atom stereocenters. The molecule has 0 aliphatic carbocycles. The maximum absolute atomic E-state index is 10.9. The van der Waals surface area contributed by atoms with E-state index in [1.165, 1.54) is 13.2 Å². The SMILES string of the molecule is COC(=O)C=C1Nc2ccccc2N1. The summed E-state index contributed by atoms with van der Waals surface area (Å²) in [5.41, 5.74) is 1.92. The number of methoxy groups -OCH3 is 1. The van der Waals surface area contributed by atoms with E-state index >= 15 is 0 Å². The van der Waals surface area contributed by atoms with E-state index in [0.717, 1.165) is 11.4 Å². The van der Waals surface area contributed by atoms with Gasteiger partial charge in [0.05, 0.1) is 24.6 Å². The van der Waals surface area contributed by atoms with E-state index in [-0.39, 0.29) is 5.97 Å². The molecule has 14 heavy (non-hydrogen) atoms. The first-order chi connectivity index (χ1) is 6.79. The maximum atomic E-state index is 10.9. The van der Waals surface area contributed by atoms with Crippen LogP contribution in [0, 0.1) is 0 Å². The molecule has 0 radical (unpaired) electrons. The van der Waals surface area contributed by atoms with Crippen LogP contribution in [0.4, 0.5) is 11.4 Å². The fourth-order valence-corrected chi connectivity index (χ4v) is 1.27. The molecule has 0 spiro atoms. The number of carbonyl (C=O) groups excluding carboxylic acids is 1. The van der Waals surface area contributed by atoms with Crippen molar-refractivity contribution in [2.75, 3.05) is 17.7 Å². The Kier molecular flexibility index (Phi) is 2.10. The van der Waals surface area contributed by atoms with Crippen LogP contribution in [-0.4, -0.2) is 13.1 Å². The molecule has 72 valence electrons. The first-order valence-electron chi connectivity index (χ1n) is 4.22. The molecule has 0 fully saturated rings. The van der Waals surface area contributed by atoms with Crippen LogP contribution in [0.3, 0.4) is 0 Å². The largest absolute Gasteiger partial charge is 0.466 e. The lowest BCUT2D eigenvalue weighted by Crippen LogP contribution is -2.04. The minimum atomic E-state index is -0.382. The fourth-order valence-electron chi connectivity index (χ4n) is 1.27. The maximum Gasteiger partial charge on any atom is 0.334 e. The number of ether oxygens (including phenoxy) is 1. The standard InChI is InChI=1S/C10H10N2O2/c1-14-10(13)6-9-11-7-4-2-3-5-8(7)12-9/h2-6,11-12H,1H3. The van der Waals surface area contributed by atoms with Gasteiger partial charge in [0.1, 0.15) is 5.82 Å². The van der Waals surface area contributed by atoms with Crippen LogP contribution in [0.15, 0.2) is 36.2 Å². The highest BCUT2D eigenvalue weighted by Crippen LogP contribution is 2.29. The second-order valence-corrected chi connectivity index (χ2v) is 2.88. The Bertz CT molecular complexity index is 372. The van der Waals surface area contributed by atoms with Gasteiger partial charge in [-0.3, -0.25) is 0 Å². The molecule has 1 aliphatic rings. The van der Waals surface area contributed by atoms with Gasteiger partial charge in [-0.1, -0.05) is 12.1 Å². The van der Waals surface area contributed by atoms with Gasteiger partial charge in [-0.2, -0.15) is 0 Å². The van der Waals surface area contributed by atoms with E-state index < -0.39 is 0 Å². The molecule has 0 saturated carbocycles. The lowest BCUT2D eigenvalue weighted by Gasteiger charge is -1.97. The summed E-state index contributed by atoms with van der Waals surface area (Å²) in [5.74, 6) is 0.255. The monoisotopic (exact) mass is 190 g/mol. The lowest BCUT2D eigenvalue weighted by molar-refractivity contribution is -0.134. The first kappa shape index (κ1) is 8.62. The summed E-state index contributed by atoms with van der Waals surface area (Å²) in [5, 5.41) is 6.10. The third-order valence-corrected chi connectivity index (χ3v) is 1.93.